The minimum atomic E-state index is -0.730. The molecule has 0 aliphatic heterocycles. The van der Waals surface area contributed by atoms with Crippen LogP contribution in [-0.2, 0) is 9.59 Å². The minimum Gasteiger partial charge on any atom is -0.481 e. The molecule has 0 bridgehead atoms. The lowest BCUT2D eigenvalue weighted by Crippen LogP contribution is -2.39. The number of aryl methyl sites for hydroxylation is 2. The Kier molecular flexibility index (Phi) is 6.25. The molecule has 29 heavy (non-hydrogen) atoms. The molecule has 1 aromatic carbocycles. The smallest absolute Gasteiger partial charge is 0.336 e. The summed E-state index contributed by atoms with van der Waals surface area (Å²) in [5.74, 6) is -0.428. The standard InChI is InChI=1S/C22H27NO6/c1-12-10-19(24)29-20-13(2)18(9-8-17(12)20)28-14(3)21(25)23-11-15-4-6-16(7-5-15)22(26)27/h8-10,14-16H,4-7,11H2,1-3H3,(H,23,25)(H,26,27)/t14-,15?,16?/m1/s1. The lowest BCUT2D eigenvalue weighted by molar-refractivity contribution is -0.143. The van der Waals surface area contributed by atoms with Gasteiger partial charge in [-0.05, 0) is 70.1 Å². The van der Waals surface area contributed by atoms with Crippen molar-refractivity contribution in [1.82, 2.24) is 5.32 Å². The van der Waals surface area contributed by atoms with Gasteiger partial charge in [-0.25, -0.2) is 4.79 Å². The molecule has 156 valence electrons. The second-order valence-corrected chi connectivity index (χ2v) is 7.87. The Labute approximate surface area is 169 Å². The topological polar surface area (TPSA) is 106 Å². The first-order valence-corrected chi connectivity index (χ1v) is 9.97. The highest BCUT2D eigenvalue weighted by molar-refractivity contribution is 5.85. The molecule has 3 rings (SSSR count). The first-order valence-electron chi connectivity index (χ1n) is 9.97. The van der Waals surface area contributed by atoms with Crippen molar-refractivity contribution in [1.29, 1.82) is 0 Å². The Balaban J connectivity index is 1.59. The van der Waals surface area contributed by atoms with Gasteiger partial charge in [0.05, 0.1) is 5.92 Å². The van der Waals surface area contributed by atoms with E-state index in [0.29, 0.717) is 42.2 Å². The van der Waals surface area contributed by atoms with Gasteiger partial charge in [-0.2, -0.15) is 0 Å². The van der Waals surface area contributed by atoms with Crippen molar-refractivity contribution < 1.29 is 23.8 Å². The summed E-state index contributed by atoms with van der Waals surface area (Å²) in [7, 11) is 0. The van der Waals surface area contributed by atoms with E-state index in [-0.39, 0.29) is 11.8 Å². The van der Waals surface area contributed by atoms with Gasteiger partial charge >= 0.3 is 11.6 Å². The van der Waals surface area contributed by atoms with E-state index in [1.807, 2.05) is 13.0 Å². The molecule has 0 unspecified atom stereocenters. The monoisotopic (exact) mass is 401 g/mol. The third-order valence-electron chi connectivity index (χ3n) is 5.75. The van der Waals surface area contributed by atoms with E-state index in [4.69, 9.17) is 14.3 Å². The Bertz CT molecular complexity index is 971. The van der Waals surface area contributed by atoms with Gasteiger partial charge in [0.1, 0.15) is 11.3 Å². The molecule has 0 radical (unpaired) electrons. The zero-order valence-electron chi connectivity index (χ0n) is 17.0. The second kappa shape index (κ2) is 8.68. The maximum atomic E-state index is 12.4. The van der Waals surface area contributed by atoms with E-state index < -0.39 is 17.7 Å². The van der Waals surface area contributed by atoms with Crippen molar-refractivity contribution in [3.8, 4) is 5.75 Å². The van der Waals surface area contributed by atoms with E-state index in [0.717, 1.165) is 23.8 Å². The fourth-order valence-corrected chi connectivity index (χ4v) is 3.87. The predicted octanol–water partition coefficient (Wildman–Crippen LogP) is 3.18. The van der Waals surface area contributed by atoms with Gasteiger partial charge in [0.2, 0.25) is 0 Å². The molecule has 1 aliphatic rings. The Morgan fingerprint density at radius 1 is 1.24 bits per heavy atom. The number of benzene rings is 1. The highest BCUT2D eigenvalue weighted by Crippen LogP contribution is 2.30. The number of hydrogen-bond donors (Lipinski definition) is 2. The van der Waals surface area contributed by atoms with Crippen LogP contribution in [0.1, 0.15) is 43.7 Å². The number of ether oxygens (including phenoxy) is 1. The summed E-state index contributed by atoms with van der Waals surface area (Å²) in [6.07, 6.45) is 2.20. The van der Waals surface area contributed by atoms with Crippen LogP contribution in [0.15, 0.2) is 27.4 Å². The summed E-state index contributed by atoms with van der Waals surface area (Å²) in [5.41, 5.74) is 1.55. The number of carboxylic acids is 1. The fourth-order valence-electron chi connectivity index (χ4n) is 3.87. The lowest BCUT2D eigenvalue weighted by Gasteiger charge is -2.26. The molecule has 1 saturated carbocycles. The quantitative estimate of drug-likeness (QED) is 0.720. The number of carboxylic acid groups (broad SMARTS) is 1. The second-order valence-electron chi connectivity index (χ2n) is 7.87. The Morgan fingerprint density at radius 2 is 1.93 bits per heavy atom. The van der Waals surface area contributed by atoms with Crippen molar-refractivity contribution >= 4 is 22.8 Å². The van der Waals surface area contributed by atoms with Gasteiger partial charge in [-0.15, -0.1) is 0 Å². The van der Waals surface area contributed by atoms with Crippen LogP contribution >= 0.6 is 0 Å². The number of aliphatic carboxylic acids is 1. The van der Waals surface area contributed by atoms with Crippen LogP contribution in [0.3, 0.4) is 0 Å². The van der Waals surface area contributed by atoms with Crippen LogP contribution in [0.2, 0.25) is 0 Å². The van der Waals surface area contributed by atoms with Crippen molar-refractivity contribution in [2.45, 2.75) is 52.6 Å². The molecule has 1 fully saturated rings. The first kappa shape index (κ1) is 20.9. The first-order chi connectivity index (χ1) is 13.8. The van der Waals surface area contributed by atoms with E-state index >= 15 is 0 Å². The zero-order chi connectivity index (χ0) is 21.1. The highest BCUT2D eigenvalue weighted by Gasteiger charge is 2.26. The minimum absolute atomic E-state index is 0.226. The van der Waals surface area contributed by atoms with Crippen LogP contribution < -0.4 is 15.7 Å². The third-order valence-corrected chi connectivity index (χ3v) is 5.75. The molecular formula is C22H27NO6. The summed E-state index contributed by atoms with van der Waals surface area (Å²) in [6.45, 7) is 5.83. The zero-order valence-corrected chi connectivity index (χ0v) is 17.0. The molecule has 1 amide bonds. The van der Waals surface area contributed by atoms with Crippen LogP contribution in [0, 0.1) is 25.7 Å². The van der Waals surface area contributed by atoms with Crippen LogP contribution in [-0.4, -0.2) is 29.6 Å². The van der Waals surface area contributed by atoms with Gasteiger partial charge in [-0.1, -0.05) is 0 Å². The van der Waals surface area contributed by atoms with E-state index in [9.17, 15) is 14.4 Å². The molecule has 7 heteroatoms. The fraction of sp³-hybridized carbons (Fsp3) is 0.500. The maximum Gasteiger partial charge on any atom is 0.336 e. The van der Waals surface area contributed by atoms with Gasteiger partial charge in [0.25, 0.3) is 5.91 Å². The summed E-state index contributed by atoms with van der Waals surface area (Å²) in [5, 5.41) is 12.8. The normalized spacial score (nSPS) is 20.2. The van der Waals surface area contributed by atoms with Crippen molar-refractivity contribution in [3.05, 3.63) is 39.7 Å². The number of nitrogens with one attached hydrogen (secondary N) is 1. The Hall–Kier alpha value is -2.83. The summed E-state index contributed by atoms with van der Waals surface area (Å²) in [4.78, 5) is 35.2. The number of rotatable bonds is 6. The van der Waals surface area contributed by atoms with Gasteiger partial charge < -0.3 is 19.6 Å². The van der Waals surface area contributed by atoms with E-state index in [1.165, 1.54) is 6.07 Å². The van der Waals surface area contributed by atoms with Crippen LogP contribution in [0.25, 0.3) is 11.0 Å². The van der Waals surface area contributed by atoms with Gasteiger partial charge in [0, 0.05) is 23.6 Å². The van der Waals surface area contributed by atoms with Gasteiger partial charge in [-0.3, -0.25) is 9.59 Å². The lowest BCUT2D eigenvalue weighted by atomic mass is 9.82. The number of carbonyl (C=O) groups excluding carboxylic acids is 1. The van der Waals surface area contributed by atoms with Crippen LogP contribution in [0.4, 0.5) is 0 Å². The highest BCUT2D eigenvalue weighted by atomic mass is 16.5. The summed E-state index contributed by atoms with van der Waals surface area (Å²) < 4.78 is 11.2. The largest absolute Gasteiger partial charge is 0.481 e. The molecule has 1 aromatic heterocycles. The van der Waals surface area contributed by atoms with E-state index in [1.54, 1.807) is 19.9 Å². The number of hydrogen-bond acceptors (Lipinski definition) is 5. The number of amides is 1. The molecule has 2 aromatic rings. The molecular weight excluding hydrogens is 374 g/mol. The molecule has 0 saturated heterocycles. The molecule has 1 heterocycles. The molecule has 0 spiro atoms. The van der Waals surface area contributed by atoms with Crippen molar-refractivity contribution in [2.24, 2.45) is 11.8 Å². The molecule has 7 nitrogen and oxygen atoms in total. The molecule has 1 atom stereocenters. The van der Waals surface area contributed by atoms with Crippen molar-refractivity contribution in [2.75, 3.05) is 6.54 Å². The van der Waals surface area contributed by atoms with Gasteiger partial charge in [0.15, 0.2) is 6.10 Å². The predicted molar refractivity (Wildman–Crippen MR) is 108 cm³/mol. The van der Waals surface area contributed by atoms with E-state index in [2.05, 4.69) is 5.32 Å². The molecule has 2 N–H and O–H groups in total. The number of fused-ring (bicyclic) bond motifs is 1. The number of carbonyl (C=O) groups is 2. The Morgan fingerprint density at radius 3 is 2.59 bits per heavy atom. The summed E-state index contributed by atoms with van der Waals surface area (Å²) in [6, 6.07) is 5.05. The molecule has 1 aliphatic carbocycles. The van der Waals surface area contributed by atoms with Crippen LogP contribution in [0.5, 0.6) is 5.75 Å². The van der Waals surface area contributed by atoms with Crippen molar-refractivity contribution in [3.63, 3.8) is 0 Å². The average molecular weight is 401 g/mol. The average Bonchev–Trinajstić information content (AvgIpc) is 2.68. The maximum absolute atomic E-state index is 12.4. The third kappa shape index (κ3) is 4.78. The summed E-state index contributed by atoms with van der Waals surface area (Å²) >= 11 is 0. The SMILES string of the molecule is Cc1cc(=O)oc2c(C)c(O[C@H](C)C(=O)NCC3CCC(C(=O)O)CC3)ccc12.